The van der Waals surface area contributed by atoms with Gasteiger partial charge in [-0.25, -0.2) is 0 Å². The van der Waals surface area contributed by atoms with Gasteiger partial charge in [0.05, 0.1) is 7.11 Å². The van der Waals surface area contributed by atoms with E-state index < -0.39 is 6.61 Å². The molecule has 0 unspecified atom stereocenters. The van der Waals surface area contributed by atoms with Crippen molar-refractivity contribution in [3.05, 3.63) is 29.8 Å². The van der Waals surface area contributed by atoms with Crippen molar-refractivity contribution in [1.82, 2.24) is 9.80 Å². The summed E-state index contributed by atoms with van der Waals surface area (Å²) in [4.78, 5) is 16.3. The summed E-state index contributed by atoms with van der Waals surface area (Å²) in [5.74, 6) is 0.103. The highest BCUT2D eigenvalue weighted by Crippen LogP contribution is 2.29. The van der Waals surface area contributed by atoms with Crippen molar-refractivity contribution in [3.8, 4) is 11.5 Å². The summed E-state index contributed by atoms with van der Waals surface area (Å²) in [6, 6.07) is 4.55. The fourth-order valence-corrected chi connectivity index (χ4v) is 2.54. The lowest BCUT2D eigenvalue weighted by Crippen LogP contribution is -2.48. The molecule has 0 saturated carbocycles. The second kappa shape index (κ2) is 8.63. The van der Waals surface area contributed by atoms with Gasteiger partial charge in [0, 0.05) is 32.3 Å². The first-order valence-electron chi connectivity index (χ1n) is 7.85. The molecule has 0 aromatic heterocycles. The molecule has 0 spiro atoms. The molecule has 0 radical (unpaired) electrons. The molecular formula is C17H22F2N2O3. The molecule has 1 saturated heterocycles. The molecule has 1 heterocycles. The summed E-state index contributed by atoms with van der Waals surface area (Å²) in [6.45, 7) is 3.36. The van der Waals surface area contributed by atoms with Crippen LogP contribution < -0.4 is 9.47 Å². The summed E-state index contributed by atoms with van der Waals surface area (Å²) in [5, 5.41) is 0. The van der Waals surface area contributed by atoms with Crippen LogP contribution in [-0.4, -0.2) is 62.2 Å². The maximum Gasteiger partial charge on any atom is 0.387 e. The predicted octanol–water partition coefficient (Wildman–Crippen LogP) is 2.47. The van der Waals surface area contributed by atoms with Gasteiger partial charge in [-0.1, -0.05) is 13.0 Å². The number of likely N-dealkylation sites (N-methyl/N-ethyl adjacent to an activating group) is 1. The number of piperazine rings is 1. The summed E-state index contributed by atoms with van der Waals surface area (Å²) in [6.07, 6.45) is 3.13. The van der Waals surface area contributed by atoms with Crippen LogP contribution in [0.25, 0.3) is 6.08 Å². The third-order valence-electron chi connectivity index (χ3n) is 3.95. The number of carbonyl (C=O) groups is 1. The van der Waals surface area contributed by atoms with Gasteiger partial charge in [-0.15, -0.1) is 0 Å². The highest BCUT2D eigenvalue weighted by molar-refractivity contribution is 5.92. The number of carbonyl (C=O) groups excluding carboxylic acids is 1. The van der Waals surface area contributed by atoms with Gasteiger partial charge in [0.15, 0.2) is 11.5 Å². The van der Waals surface area contributed by atoms with E-state index in [4.69, 9.17) is 4.74 Å². The highest BCUT2D eigenvalue weighted by atomic mass is 19.3. The molecule has 1 amide bonds. The van der Waals surface area contributed by atoms with Gasteiger partial charge in [0.2, 0.25) is 5.91 Å². The third-order valence-corrected chi connectivity index (χ3v) is 3.95. The van der Waals surface area contributed by atoms with Crippen molar-refractivity contribution < 1.29 is 23.0 Å². The van der Waals surface area contributed by atoms with Crippen molar-refractivity contribution >= 4 is 12.0 Å². The third kappa shape index (κ3) is 4.92. The first-order valence-corrected chi connectivity index (χ1v) is 7.85. The molecule has 7 heteroatoms. The molecule has 0 aliphatic carbocycles. The van der Waals surface area contributed by atoms with E-state index in [1.807, 2.05) is 0 Å². The van der Waals surface area contributed by atoms with E-state index >= 15 is 0 Å². The number of halogens is 2. The zero-order valence-corrected chi connectivity index (χ0v) is 13.9. The summed E-state index contributed by atoms with van der Waals surface area (Å²) >= 11 is 0. The van der Waals surface area contributed by atoms with Crippen molar-refractivity contribution in [3.63, 3.8) is 0 Å². The molecule has 0 bridgehead atoms. The Kier molecular flexibility index (Phi) is 6.54. The Hall–Kier alpha value is -2.15. The average Bonchev–Trinajstić information content (AvgIpc) is 2.60. The zero-order valence-electron chi connectivity index (χ0n) is 13.9. The molecule has 132 valence electrons. The number of hydrogen-bond donors (Lipinski definition) is 0. The molecule has 1 fully saturated rings. The number of rotatable bonds is 6. The van der Waals surface area contributed by atoms with Crippen molar-refractivity contribution in [2.75, 3.05) is 39.8 Å². The quantitative estimate of drug-likeness (QED) is 0.746. The number of ether oxygens (including phenoxy) is 2. The molecule has 24 heavy (non-hydrogen) atoms. The van der Waals surface area contributed by atoms with E-state index in [1.54, 1.807) is 23.1 Å². The fraction of sp³-hybridized carbons (Fsp3) is 0.471. The Morgan fingerprint density at radius 3 is 2.54 bits per heavy atom. The van der Waals surface area contributed by atoms with Gasteiger partial charge in [-0.3, -0.25) is 4.79 Å². The van der Waals surface area contributed by atoms with Crippen LogP contribution in [0.2, 0.25) is 0 Å². The Balaban J connectivity index is 1.99. The Bertz CT molecular complexity index is 585. The van der Waals surface area contributed by atoms with Crippen LogP contribution in [0.15, 0.2) is 24.3 Å². The average molecular weight is 340 g/mol. The molecule has 0 N–H and O–H groups in total. The second-order valence-corrected chi connectivity index (χ2v) is 5.38. The van der Waals surface area contributed by atoms with Crippen LogP contribution in [0.5, 0.6) is 11.5 Å². The first-order chi connectivity index (χ1) is 11.5. The number of methoxy groups -OCH3 is 1. The summed E-state index contributed by atoms with van der Waals surface area (Å²) < 4.78 is 34.0. The number of amides is 1. The fourth-order valence-electron chi connectivity index (χ4n) is 2.54. The van der Waals surface area contributed by atoms with Crippen LogP contribution in [0.1, 0.15) is 12.5 Å². The Morgan fingerprint density at radius 1 is 1.25 bits per heavy atom. The number of hydrogen-bond acceptors (Lipinski definition) is 4. The molecule has 1 aliphatic heterocycles. The van der Waals surface area contributed by atoms with Crippen LogP contribution in [0.3, 0.4) is 0 Å². The largest absolute Gasteiger partial charge is 0.493 e. The minimum atomic E-state index is -2.91. The summed E-state index contributed by atoms with van der Waals surface area (Å²) in [5.41, 5.74) is 0.675. The number of benzene rings is 1. The van der Waals surface area contributed by atoms with E-state index in [9.17, 15) is 13.6 Å². The highest BCUT2D eigenvalue weighted by Gasteiger charge is 2.18. The van der Waals surface area contributed by atoms with Gasteiger partial charge in [0.25, 0.3) is 0 Å². The van der Waals surface area contributed by atoms with Crippen molar-refractivity contribution in [2.24, 2.45) is 0 Å². The molecule has 2 rings (SSSR count). The van der Waals surface area contributed by atoms with Crippen molar-refractivity contribution in [1.29, 1.82) is 0 Å². The lowest BCUT2D eigenvalue weighted by molar-refractivity contribution is -0.127. The van der Waals surface area contributed by atoms with E-state index in [1.165, 1.54) is 19.3 Å². The van der Waals surface area contributed by atoms with Crippen LogP contribution in [-0.2, 0) is 4.79 Å². The van der Waals surface area contributed by atoms with E-state index in [2.05, 4.69) is 16.6 Å². The molecule has 1 aliphatic rings. The summed E-state index contributed by atoms with van der Waals surface area (Å²) in [7, 11) is 1.37. The monoisotopic (exact) mass is 340 g/mol. The first kappa shape index (κ1) is 18.2. The molecule has 5 nitrogen and oxygen atoms in total. The smallest absolute Gasteiger partial charge is 0.387 e. The van der Waals surface area contributed by atoms with E-state index in [-0.39, 0.29) is 17.4 Å². The minimum Gasteiger partial charge on any atom is -0.493 e. The Labute approximate surface area is 140 Å². The Morgan fingerprint density at radius 2 is 1.96 bits per heavy atom. The van der Waals surface area contributed by atoms with E-state index in [0.717, 1.165) is 19.6 Å². The second-order valence-electron chi connectivity index (χ2n) is 5.38. The number of alkyl halides is 2. The van der Waals surface area contributed by atoms with Gasteiger partial charge < -0.3 is 19.3 Å². The normalized spacial score (nSPS) is 16.0. The van der Waals surface area contributed by atoms with Gasteiger partial charge >= 0.3 is 6.61 Å². The molecule has 0 atom stereocenters. The van der Waals surface area contributed by atoms with Crippen LogP contribution in [0, 0.1) is 0 Å². The maximum absolute atomic E-state index is 12.3. The van der Waals surface area contributed by atoms with Crippen LogP contribution >= 0.6 is 0 Å². The lowest BCUT2D eigenvalue weighted by Gasteiger charge is -2.33. The predicted molar refractivity (Wildman–Crippen MR) is 87.4 cm³/mol. The molecular weight excluding hydrogens is 318 g/mol. The van der Waals surface area contributed by atoms with Gasteiger partial charge in [-0.2, -0.15) is 8.78 Å². The molecule has 1 aromatic rings. The zero-order chi connectivity index (χ0) is 17.5. The lowest BCUT2D eigenvalue weighted by atomic mass is 10.2. The molecule has 1 aromatic carbocycles. The van der Waals surface area contributed by atoms with Gasteiger partial charge in [0.1, 0.15) is 0 Å². The topological polar surface area (TPSA) is 42.0 Å². The standard InChI is InChI=1S/C17H22F2N2O3/c1-3-20-8-10-21(11-9-20)16(22)7-5-13-4-6-14(24-17(18)19)15(12-13)23-2/h4-7,12,17H,3,8-11H2,1-2H3/b7-5+. The number of nitrogens with zero attached hydrogens (tertiary/aromatic N) is 2. The van der Waals surface area contributed by atoms with Gasteiger partial charge in [-0.05, 0) is 30.3 Å². The van der Waals surface area contributed by atoms with E-state index in [0.29, 0.717) is 18.7 Å². The minimum absolute atomic E-state index is 0.0355. The SMILES string of the molecule is CCN1CCN(C(=O)/C=C/c2ccc(OC(F)F)c(OC)c2)CC1. The van der Waals surface area contributed by atoms with Crippen molar-refractivity contribution in [2.45, 2.75) is 13.5 Å². The van der Waals surface area contributed by atoms with Crippen LogP contribution in [0.4, 0.5) is 8.78 Å². The maximum atomic E-state index is 12.3.